The summed E-state index contributed by atoms with van der Waals surface area (Å²) in [4.78, 5) is 0. The maximum atomic E-state index is 15.3. The van der Waals surface area contributed by atoms with Crippen molar-refractivity contribution >= 4 is 21.5 Å². The summed E-state index contributed by atoms with van der Waals surface area (Å²) < 4.78 is 137. The van der Waals surface area contributed by atoms with E-state index in [9.17, 15) is 26.3 Å². The molecule has 4 aromatic rings. The molecular formula is C30H19F9O2. The highest BCUT2D eigenvalue weighted by molar-refractivity contribution is 5.87. The zero-order valence-electron chi connectivity index (χ0n) is 21.1. The van der Waals surface area contributed by atoms with Crippen LogP contribution in [0.15, 0.2) is 48.5 Å². The molecule has 2 atom stereocenters. The molecule has 0 radical (unpaired) electrons. The molecule has 0 aromatic heterocycles. The van der Waals surface area contributed by atoms with E-state index in [0.29, 0.717) is 30.6 Å². The number of halogens is 9. The van der Waals surface area contributed by atoms with Crippen LogP contribution in [0.4, 0.5) is 39.5 Å². The zero-order valence-corrected chi connectivity index (χ0v) is 21.1. The van der Waals surface area contributed by atoms with Crippen LogP contribution in [0.25, 0.3) is 21.5 Å². The summed E-state index contributed by atoms with van der Waals surface area (Å²) in [6.45, 7) is 2.56. The van der Waals surface area contributed by atoms with Crippen LogP contribution in [0, 0.1) is 41.0 Å². The van der Waals surface area contributed by atoms with Gasteiger partial charge in [0.15, 0.2) is 0 Å². The lowest BCUT2D eigenvalue weighted by molar-refractivity contribution is -0.189. The van der Waals surface area contributed by atoms with E-state index in [-0.39, 0.29) is 22.3 Å². The van der Waals surface area contributed by atoms with Crippen molar-refractivity contribution < 1.29 is 49.0 Å². The van der Waals surface area contributed by atoms with Gasteiger partial charge in [0.1, 0.15) is 34.6 Å². The molecule has 1 aliphatic rings. The van der Waals surface area contributed by atoms with Gasteiger partial charge in [0.05, 0.1) is 11.7 Å². The lowest BCUT2D eigenvalue weighted by Gasteiger charge is -2.27. The molecule has 214 valence electrons. The Kier molecular flexibility index (Phi) is 7.32. The van der Waals surface area contributed by atoms with Crippen LogP contribution < -0.4 is 4.74 Å². The third-order valence-corrected chi connectivity index (χ3v) is 6.79. The fourth-order valence-corrected chi connectivity index (χ4v) is 4.78. The summed E-state index contributed by atoms with van der Waals surface area (Å²) in [5, 5.41) is -1.05. The molecule has 1 fully saturated rings. The van der Waals surface area contributed by atoms with E-state index in [4.69, 9.17) is 4.74 Å². The minimum Gasteiger partial charge on any atom is -0.429 e. The van der Waals surface area contributed by atoms with Gasteiger partial charge in [0.25, 0.3) is 0 Å². The molecule has 2 unspecified atom stereocenters. The number of alkyl halides is 5. The van der Waals surface area contributed by atoms with Gasteiger partial charge in [-0.3, -0.25) is 0 Å². The third-order valence-electron chi connectivity index (χ3n) is 6.79. The van der Waals surface area contributed by atoms with Gasteiger partial charge < -0.3 is 9.47 Å². The van der Waals surface area contributed by atoms with Crippen molar-refractivity contribution in [1.29, 1.82) is 0 Å². The van der Waals surface area contributed by atoms with Crippen molar-refractivity contribution in [2.45, 2.75) is 38.2 Å². The van der Waals surface area contributed by atoms with E-state index >= 15 is 13.2 Å². The molecule has 0 spiro atoms. The number of ether oxygens (including phenoxy) is 2. The summed E-state index contributed by atoms with van der Waals surface area (Å²) in [6.07, 6.45) is -8.26. The van der Waals surface area contributed by atoms with Crippen molar-refractivity contribution in [3.05, 3.63) is 88.5 Å². The first-order valence-electron chi connectivity index (χ1n) is 12.4. The van der Waals surface area contributed by atoms with Crippen molar-refractivity contribution in [3.63, 3.8) is 0 Å². The van der Waals surface area contributed by atoms with Crippen molar-refractivity contribution in [3.8, 4) is 17.6 Å². The Morgan fingerprint density at radius 2 is 1.46 bits per heavy atom. The van der Waals surface area contributed by atoms with Crippen molar-refractivity contribution in [1.82, 2.24) is 0 Å². The van der Waals surface area contributed by atoms with Crippen LogP contribution >= 0.6 is 0 Å². The van der Waals surface area contributed by atoms with Gasteiger partial charge in [0.2, 0.25) is 0 Å². The van der Waals surface area contributed by atoms with Crippen LogP contribution in [-0.4, -0.2) is 12.8 Å². The van der Waals surface area contributed by atoms with E-state index in [1.54, 1.807) is 0 Å². The van der Waals surface area contributed by atoms with Crippen LogP contribution in [0.1, 0.15) is 42.6 Å². The maximum absolute atomic E-state index is 15.3. The smallest absolute Gasteiger partial charge is 0.429 e. The Morgan fingerprint density at radius 1 is 0.805 bits per heavy atom. The average molecular weight is 582 g/mol. The molecule has 0 aliphatic carbocycles. The minimum absolute atomic E-state index is 0.0420. The van der Waals surface area contributed by atoms with Gasteiger partial charge in [-0.15, -0.1) is 0 Å². The second kappa shape index (κ2) is 10.5. The fraction of sp³-hybridized carbons (Fsp3) is 0.267. The van der Waals surface area contributed by atoms with Crippen LogP contribution in [0.5, 0.6) is 5.75 Å². The Morgan fingerprint density at radius 3 is 2.15 bits per heavy atom. The topological polar surface area (TPSA) is 18.5 Å². The van der Waals surface area contributed by atoms with Gasteiger partial charge in [0, 0.05) is 23.3 Å². The zero-order chi connectivity index (χ0) is 29.7. The molecule has 1 saturated heterocycles. The van der Waals surface area contributed by atoms with E-state index in [1.165, 1.54) is 24.1 Å². The Labute approximate surface area is 227 Å². The van der Waals surface area contributed by atoms with E-state index in [0.717, 1.165) is 36.6 Å². The Hall–Kier alpha value is -3.91. The molecule has 5 rings (SSSR count). The molecule has 0 bridgehead atoms. The summed E-state index contributed by atoms with van der Waals surface area (Å²) in [7, 11) is 0. The molecule has 0 saturated carbocycles. The molecule has 11 heteroatoms. The third kappa shape index (κ3) is 5.79. The normalized spacial score (nSPS) is 17.9. The average Bonchev–Trinajstić information content (AvgIpc) is 2.87. The predicted octanol–water partition coefficient (Wildman–Crippen LogP) is 9.08. The Balaban J connectivity index is 1.47. The number of fused-ring (bicyclic) bond motifs is 2. The van der Waals surface area contributed by atoms with E-state index in [1.807, 2.05) is 6.92 Å². The highest BCUT2D eigenvalue weighted by Gasteiger charge is 2.42. The SMILES string of the molecule is CC1CCC(c2ccc3c(F)c(C(F)(F)Oc4ccc5c(F)c(C#CC(F)(F)F)c(F)cc5c4)c(F)cc3c2)OC1. The first-order valence-corrected chi connectivity index (χ1v) is 12.4. The number of benzene rings is 4. The number of hydrogen-bond acceptors (Lipinski definition) is 2. The molecule has 4 aromatic carbocycles. The second-order valence-electron chi connectivity index (χ2n) is 9.83. The van der Waals surface area contributed by atoms with Gasteiger partial charge in [-0.1, -0.05) is 25.0 Å². The predicted molar refractivity (Wildman–Crippen MR) is 132 cm³/mol. The molecule has 1 heterocycles. The van der Waals surface area contributed by atoms with Crippen LogP contribution in [0.2, 0.25) is 0 Å². The lowest BCUT2D eigenvalue weighted by Crippen LogP contribution is -2.25. The van der Waals surface area contributed by atoms with Crippen molar-refractivity contribution in [2.75, 3.05) is 6.61 Å². The second-order valence-corrected chi connectivity index (χ2v) is 9.83. The first kappa shape index (κ1) is 28.6. The summed E-state index contributed by atoms with van der Waals surface area (Å²) in [6, 6.07) is 7.98. The molecule has 0 amide bonds. The number of hydrogen-bond donors (Lipinski definition) is 0. The summed E-state index contributed by atoms with van der Waals surface area (Å²) >= 11 is 0. The minimum atomic E-state index is -5.00. The highest BCUT2D eigenvalue weighted by Crippen LogP contribution is 2.40. The first-order chi connectivity index (χ1) is 19.2. The van der Waals surface area contributed by atoms with Crippen molar-refractivity contribution in [2.24, 2.45) is 5.92 Å². The van der Waals surface area contributed by atoms with E-state index < -0.39 is 57.8 Å². The van der Waals surface area contributed by atoms with Gasteiger partial charge in [-0.05, 0) is 71.5 Å². The van der Waals surface area contributed by atoms with Crippen LogP contribution in [0.3, 0.4) is 0 Å². The lowest BCUT2D eigenvalue weighted by atomic mass is 9.94. The Bertz CT molecular complexity index is 1710. The molecular weight excluding hydrogens is 563 g/mol. The monoisotopic (exact) mass is 582 g/mol. The summed E-state index contributed by atoms with van der Waals surface area (Å²) in [5.41, 5.74) is -2.18. The maximum Gasteiger partial charge on any atom is 0.458 e. The molecule has 41 heavy (non-hydrogen) atoms. The molecule has 2 nitrogen and oxygen atoms in total. The standard InChI is InChI=1S/C30H19F9O2/c1-15-2-7-25(40-14-15)16-3-5-21-17(10-16)13-24(32)26(28(21)34)30(38,39)41-19-4-6-20-18(11-19)12-23(31)22(27(20)33)8-9-29(35,36)37/h3-6,10-13,15,25H,2,7,14H2,1H3. The molecule has 1 aliphatic heterocycles. The highest BCUT2D eigenvalue weighted by atomic mass is 19.4. The van der Waals surface area contributed by atoms with Gasteiger partial charge >= 0.3 is 12.3 Å². The van der Waals surface area contributed by atoms with Gasteiger partial charge in [-0.25, -0.2) is 17.6 Å². The largest absolute Gasteiger partial charge is 0.458 e. The summed E-state index contributed by atoms with van der Waals surface area (Å²) in [5.74, 6) is -4.27. The number of rotatable bonds is 4. The van der Waals surface area contributed by atoms with Crippen LogP contribution in [-0.2, 0) is 10.8 Å². The van der Waals surface area contributed by atoms with Gasteiger partial charge in [-0.2, -0.15) is 22.0 Å². The fourth-order valence-electron chi connectivity index (χ4n) is 4.78. The van der Waals surface area contributed by atoms with E-state index in [2.05, 4.69) is 4.74 Å². The molecule has 0 N–H and O–H groups in total. The quantitative estimate of drug-likeness (QED) is 0.177.